The Morgan fingerprint density at radius 2 is 2.00 bits per heavy atom. The maximum Gasteiger partial charge on any atom is 0.431 e. The second kappa shape index (κ2) is 8.28. The quantitative estimate of drug-likeness (QED) is 0.565. The number of fused-ring (bicyclic) bond motifs is 1. The monoisotopic (exact) mass is 475 g/mol. The van der Waals surface area contributed by atoms with Gasteiger partial charge in [-0.15, -0.1) is 5.10 Å². The fourth-order valence-electron chi connectivity index (χ4n) is 4.00. The van der Waals surface area contributed by atoms with Crippen LogP contribution in [0.5, 0.6) is 5.75 Å². The summed E-state index contributed by atoms with van der Waals surface area (Å²) in [5.74, 6) is -0.251. The summed E-state index contributed by atoms with van der Waals surface area (Å²) in [6, 6.07) is 6.50. The number of rotatable bonds is 6. The molecule has 5 rings (SSSR count). The zero-order valence-corrected chi connectivity index (χ0v) is 17.8. The number of ether oxygens (including phenoxy) is 2. The maximum atomic E-state index is 13.5. The molecule has 2 aliphatic rings. The van der Waals surface area contributed by atoms with Gasteiger partial charge >= 0.3 is 6.18 Å². The van der Waals surface area contributed by atoms with Gasteiger partial charge in [0.15, 0.2) is 0 Å². The standard InChI is InChI=1S/C22H20F3N5O4/c23-22(24,25)19-15(7-16(20(26)31)21(32)27-19)11-3-5-14(6-4-11)34-9-13-8-33-10-17-18(12-1-2-12)28-29-30(13)17/h3-7,12-13H,1-2,8-10H2,(H2,26,31)(H,27,32). The van der Waals surface area contributed by atoms with Gasteiger partial charge in [-0.2, -0.15) is 13.2 Å². The van der Waals surface area contributed by atoms with Gasteiger partial charge in [-0.05, 0) is 36.6 Å². The van der Waals surface area contributed by atoms with E-state index in [0.29, 0.717) is 24.9 Å². The normalized spacial score (nSPS) is 17.9. The highest BCUT2D eigenvalue weighted by atomic mass is 19.4. The van der Waals surface area contributed by atoms with Crippen molar-refractivity contribution in [1.29, 1.82) is 0 Å². The topological polar surface area (TPSA) is 125 Å². The van der Waals surface area contributed by atoms with Gasteiger partial charge < -0.3 is 20.2 Å². The number of nitrogens with one attached hydrogen (secondary N) is 1. The fraction of sp³-hybridized carbons (Fsp3) is 0.364. The summed E-state index contributed by atoms with van der Waals surface area (Å²) in [7, 11) is 0. The van der Waals surface area contributed by atoms with Gasteiger partial charge in [0.05, 0.1) is 24.6 Å². The van der Waals surface area contributed by atoms with Crippen molar-refractivity contribution in [3.8, 4) is 16.9 Å². The van der Waals surface area contributed by atoms with E-state index in [9.17, 15) is 22.8 Å². The SMILES string of the molecule is NC(=O)c1cc(-c2ccc(OCC3COCc4c(C5CC5)nnn43)cc2)c(C(F)(F)F)[nH]c1=O. The molecule has 0 radical (unpaired) electrons. The van der Waals surface area contributed by atoms with Crippen molar-refractivity contribution < 1.29 is 27.4 Å². The van der Waals surface area contributed by atoms with Crippen LogP contribution >= 0.6 is 0 Å². The third-order valence-electron chi connectivity index (χ3n) is 5.88. The number of amides is 1. The highest BCUT2D eigenvalue weighted by Gasteiger charge is 2.36. The number of H-pyrrole nitrogens is 1. The van der Waals surface area contributed by atoms with Crippen LogP contribution in [0.2, 0.25) is 0 Å². The molecule has 3 heterocycles. The first-order valence-corrected chi connectivity index (χ1v) is 10.6. The molecule has 1 amide bonds. The van der Waals surface area contributed by atoms with Gasteiger partial charge in [-0.25, -0.2) is 4.68 Å². The van der Waals surface area contributed by atoms with Gasteiger partial charge in [0.1, 0.15) is 29.7 Å². The first-order chi connectivity index (χ1) is 16.2. The van der Waals surface area contributed by atoms with E-state index in [-0.39, 0.29) is 23.8 Å². The number of hydrogen-bond acceptors (Lipinski definition) is 6. The lowest BCUT2D eigenvalue weighted by molar-refractivity contribution is -0.140. The van der Waals surface area contributed by atoms with E-state index in [0.717, 1.165) is 30.3 Å². The molecule has 1 fully saturated rings. The van der Waals surface area contributed by atoms with Crippen molar-refractivity contribution in [2.75, 3.05) is 13.2 Å². The zero-order chi connectivity index (χ0) is 24.0. The number of aromatic nitrogens is 4. The molecule has 1 aromatic carbocycles. The van der Waals surface area contributed by atoms with Crippen molar-refractivity contribution >= 4 is 5.91 Å². The van der Waals surface area contributed by atoms with Gasteiger partial charge in [0, 0.05) is 11.5 Å². The third-order valence-corrected chi connectivity index (χ3v) is 5.88. The number of benzene rings is 1. The van der Waals surface area contributed by atoms with Crippen LogP contribution in [0, 0.1) is 0 Å². The van der Waals surface area contributed by atoms with E-state index in [1.807, 2.05) is 4.68 Å². The molecule has 1 unspecified atom stereocenters. The minimum absolute atomic E-state index is 0.132. The number of hydrogen-bond donors (Lipinski definition) is 2. The molecule has 3 aromatic rings. The molecule has 0 bridgehead atoms. The van der Waals surface area contributed by atoms with Crippen molar-refractivity contribution in [2.24, 2.45) is 5.73 Å². The number of halogens is 3. The van der Waals surface area contributed by atoms with E-state index in [2.05, 4.69) is 10.3 Å². The first-order valence-electron chi connectivity index (χ1n) is 10.6. The lowest BCUT2D eigenvalue weighted by atomic mass is 10.0. The third kappa shape index (κ3) is 4.16. The van der Waals surface area contributed by atoms with Crippen LogP contribution in [0.1, 0.15) is 52.2 Å². The number of aromatic amines is 1. The Bertz CT molecular complexity index is 1300. The molecule has 1 saturated carbocycles. The Kier molecular flexibility index (Phi) is 5.39. The number of carbonyl (C=O) groups excluding carboxylic acids is 1. The molecule has 2 aromatic heterocycles. The molecule has 1 atom stereocenters. The summed E-state index contributed by atoms with van der Waals surface area (Å²) in [5, 5.41) is 8.55. The molecular weight excluding hydrogens is 455 g/mol. The molecule has 1 aliphatic heterocycles. The Morgan fingerprint density at radius 1 is 1.26 bits per heavy atom. The minimum atomic E-state index is -4.84. The van der Waals surface area contributed by atoms with E-state index >= 15 is 0 Å². The molecule has 34 heavy (non-hydrogen) atoms. The molecular formula is C22H20F3N5O4. The predicted molar refractivity (Wildman–Crippen MR) is 112 cm³/mol. The molecule has 178 valence electrons. The Labute approximate surface area is 190 Å². The van der Waals surface area contributed by atoms with E-state index < -0.39 is 28.9 Å². The van der Waals surface area contributed by atoms with Crippen molar-refractivity contribution in [2.45, 2.75) is 37.6 Å². The average molecular weight is 475 g/mol. The molecule has 12 heteroatoms. The summed E-state index contributed by atoms with van der Waals surface area (Å²) in [4.78, 5) is 25.0. The van der Waals surface area contributed by atoms with Crippen molar-refractivity contribution in [1.82, 2.24) is 20.0 Å². The molecule has 1 aliphatic carbocycles. The molecule has 9 nitrogen and oxygen atoms in total. The highest BCUT2D eigenvalue weighted by molar-refractivity contribution is 5.94. The smallest absolute Gasteiger partial charge is 0.431 e. The van der Waals surface area contributed by atoms with E-state index in [1.165, 1.54) is 24.3 Å². The van der Waals surface area contributed by atoms with Crippen LogP contribution in [0.3, 0.4) is 0 Å². The lowest BCUT2D eigenvalue weighted by Gasteiger charge is -2.24. The Hall–Kier alpha value is -3.67. The van der Waals surface area contributed by atoms with Crippen LogP contribution in [-0.2, 0) is 17.5 Å². The number of pyridine rings is 1. The summed E-state index contributed by atoms with van der Waals surface area (Å²) in [6.07, 6.45) is -2.63. The maximum absolute atomic E-state index is 13.5. The van der Waals surface area contributed by atoms with Gasteiger partial charge in [0.2, 0.25) is 0 Å². The van der Waals surface area contributed by atoms with Gasteiger partial charge in [-0.3, -0.25) is 9.59 Å². The van der Waals surface area contributed by atoms with Crippen LogP contribution in [0.25, 0.3) is 11.1 Å². The van der Waals surface area contributed by atoms with Crippen LogP contribution in [0.4, 0.5) is 13.2 Å². The largest absolute Gasteiger partial charge is 0.491 e. The fourth-order valence-corrected chi connectivity index (χ4v) is 4.00. The second-order valence-corrected chi connectivity index (χ2v) is 8.31. The predicted octanol–water partition coefficient (Wildman–Crippen LogP) is 2.78. The van der Waals surface area contributed by atoms with Crippen LogP contribution < -0.4 is 16.0 Å². The highest BCUT2D eigenvalue weighted by Crippen LogP contribution is 2.41. The van der Waals surface area contributed by atoms with E-state index in [1.54, 1.807) is 4.98 Å². The second-order valence-electron chi connectivity index (χ2n) is 8.31. The number of nitrogens with zero attached hydrogens (tertiary/aromatic N) is 3. The molecule has 0 spiro atoms. The molecule has 3 N–H and O–H groups in total. The summed E-state index contributed by atoms with van der Waals surface area (Å²) in [5.41, 5.74) is 3.81. The number of carbonyl (C=O) groups is 1. The summed E-state index contributed by atoms with van der Waals surface area (Å²) in [6.45, 7) is 1.09. The van der Waals surface area contributed by atoms with Crippen LogP contribution in [-0.4, -0.2) is 39.1 Å². The minimum Gasteiger partial charge on any atom is -0.491 e. The first kappa shape index (κ1) is 22.1. The van der Waals surface area contributed by atoms with Gasteiger partial charge in [0.25, 0.3) is 11.5 Å². The van der Waals surface area contributed by atoms with Crippen molar-refractivity contribution in [3.63, 3.8) is 0 Å². The Balaban J connectivity index is 1.36. The zero-order valence-electron chi connectivity index (χ0n) is 17.8. The average Bonchev–Trinajstić information content (AvgIpc) is 3.55. The summed E-state index contributed by atoms with van der Waals surface area (Å²) < 4.78 is 53.8. The van der Waals surface area contributed by atoms with Crippen LogP contribution in [0.15, 0.2) is 35.1 Å². The van der Waals surface area contributed by atoms with Gasteiger partial charge in [-0.1, -0.05) is 17.3 Å². The number of alkyl halides is 3. The lowest BCUT2D eigenvalue weighted by Crippen LogP contribution is -2.29. The summed E-state index contributed by atoms with van der Waals surface area (Å²) >= 11 is 0. The van der Waals surface area contributed by atoms with Crippen molar-refractivity contribution in [3.05, 3.63) is 63.3 Å². The van der Waals surface area contributed by atoms with E-state index in [4.69, 9.17) is 15.2 Å². The molecule has 0 saturated heterocycles. The Morgan fingerprint density at radius 3 is 2.65 bits per heavy atom. The number of primary amides is 1. The number of nitrogens with two attached hydrogens (primary N) is 1.